The van der Waals surface area contributed by atoms with Gasteiger partial charge in [0, 0.05) is 0 Å². The lowest BCUT2D eigenvalue weighted by Crippen LogP contribution is -2.15. The standard InChI is InChI=1S/C18H17F3N2O2/c1-12(24)10-23-16-8-7-13(18(19,20)21)9-15(16)22-17(23)11-25-14-5-3-2-4-6-14/h2-9,12,24H,10-11H2,1H3. The fourth-order valence-electron chi connectivity index (χ4n) is 2.60. The largest absolute Gasteiger partial charge is 0.486 e. The van der Waals surface area contributed by atoms with Crippen LogP contribution in [0.3, 0.4) is 0 Å². The Labute approximate surface area is 142 Å². The molecular formula is C18H17F3N2O2. The molecule has 1 heterocycles. The molecule has 1 atom stereocenters. The van der Waals surface area contributed by atoms with Crippen LogP contribution in [-0.2, 0) is 19.3 Å². The van der Waals surface area contributed by atoms with Crippen molar-refractivity contribution >= 4 is 11.0 Å². The molecule has 2 aromatic carbocycles. The number of hydrogen-bond acceptors (Lipinski definition) is 3. The Hall–Kier alpha value is -2.54. The monoisotopic (exact) mass is 350 g/mol. The number of aliphatic hydroxyl groups is 1. The Balaban J connectivity index is 1.97. The van der Waals surface area contributed by atoms with Crippen LogP contribution >= 0.6 is 0 Å². The van der Waals surface area contributed by atoms with Crippen molar-refractivity contribution < 1.29 is 23.0 Å². The molecule has 0 bridgehead atoms. The van der Waals surface area contributed by atoms with Crippen LogP contribution in [0.25, 0.3) is 11.0 Å². The number of para-hydroxylation sites is 1. The van der Waals surface area contributed by atoms with E-state index in [9.17, 15) is 18.3 Å². The van der Waals surface area contributed by atoms with E-state index in [0.717, 1.165) is 12.1 Å². The smallest absolute Gasteiger partial charge is 0.416 e. The van der Waals surface area contributed by atoms with Crippen molar-refractivity contribution in [2.45, 2.75) is 32.4 Å². The second-order valence-corrected chi connectivity index (χ2v) is 5.79. The van der Waals surface area contributed by atoms with Gasteiger partial charge in [0.1, 0.15) is 18.2 Å². The lowest BCUT2D eigenvalue weighted by molar-refractivity contribution is -0.137. The molecule has 1 N–H and O–H groups in total. The second kappa shape index (κ2) is 6.76. The van der Waals surface area contributed by atoms with Gasteiger partial charge in [0.25, 0.3) is 0 Å². The van der Waals surface area contributed by atoms with Gasteiger partial charge in [-0.15, -0.1) is 0 Å². The molecule has 0 spiro atoms. The Kier molecular flexibility index (Phi) is 4.67. The van der Waals surface area contributed by atoms with Crippen LogP contribution in [0.15, 0.2) is 48.5 Å². The molecule has 0 saturated carbocycles. The summed E-state index contributed by atoms with van der Waals surface area (Å²) in [5, 5.41) is 9.71. The number of fused-ring (bicyclic) bond motifs is 1. The summed E-state index contributed by atoms with van der Waals surface area (Å²) >= 11 is 0. The van der Waals surface area contributed by atoms with Crippen LogP contribution in [0, 0.1) is 0 Å². The molecule has 0 aliphatic heterocycles. The molecule has 1 unspecified atom stereocenters. The Morgan fingerprint density at radius 2 is 1.88 bits per heavy atom. The summed E-state index contributed by atoms with van der Waals surface area (Å²) in [5.74, 6) is 1.09. The van der Waals surface area contributed by atoms with Crippen molar-refractivity contribution in [3.05, 3.63) is 59.9 Å². The number of rotatable bonds is 5. The zero-order valence-corrected chi connectivity index (χ0v) is 13.5. The Morgan fingerprint density at radius 1 is 1.16 bits per heavy atom. The summed E-state index contributed by atoms with van der Waals surface area (Å²) in [4.78, 5) is 4.28. The zero-order chi connectivity index (χ0) is 18.0. The lowest BCUT2D eigenvalue weighted by atomic mass is 10.2. The summed E-state index contributed by atoms with van der Waals surface area (Å²) in [7, 11) is 0. The van der Waals surface area contributed by atoms with Crippen molar-refractivity contribution in [3.63, 3.8) is 0 Å². The highest BCUT2D eigenvalue weighted by Crippen LogP contribution is 2.31. The van der Waals surface area contributed by atoms with Crippen LogP contribution in [0.4, 0.5) is 13.2 Å². The Morgan fingerprint density at radius 3 is 2.52 bits per heavy atom. The molecule has 0 aliphatic carbocycles. The summed E-state index contributed by atoms with van der Waals surface area (Å²) in [6, 6.07) is 12.5. The lowest BCUT2D eigenvalue weighted by Gasteiger charge is -2.12. The van der Waals surface area contributed by atoms with Crippen LogP contribution in [0.2, 0.25) is 0 Å². The highest BCUT2D eigenvalue weighted by atomic mass is 19.4. The maximum atomic E-state index is 12.9. The number of imidazole rings is 1. The highest BCUT2D eigenvalue weighted by Gasteiger charge is 2.31. The van der Waals surface area contributed by atoms with Crippen molar-refractivity contribution in [3.8, 4) is 5.75 Å². The van der Waals surface area contributed by atoms with E-state index in [1.54, 1.807) is 23.6 Å². The predicted octanol–water partition coefficient (Wildman–Crippen LogP) is 4.01. The Bertz CT molecular complexity index is 858. The minimum Gasteiger partial charge on any atom is -0.486 e. The first kappa shape index (κ1) is 17.3. The van der Waals surface area contributed by atoms with Crippen molar-refractivity contribution in [1.82, 2.24) is 9.55 Å². The van der Waals surface area contributed by atoms with E-state index in [0.29, 0.717) is 17.1 Å². The molecule has 132 valence electrons. The fraction of sp³-hybridized carbons (Fsp3) is 0.278. The number of aliphatic hydroxyl groups excluding tert-OH is 1. The maximum absolute atomic E-state index is 12.9. The van der Waals surface area contributed by atoms with Gasteiger partial charge in [0.2, 0.25) is 0 Å². The van der Waals surface area contributed by atoms with Gasteiger partial charge in [-0.2, -0.15) is 13.2 Å². The van der Waals surface area contributed by atoms with Crippen LogP contribution in [0.5, 0.6) is 5.75 Å². The van der Waals surface area contributed by atoms with E-state index in [1.807, 2.05) is 18.2 Å². The van der Waals surface area contributed by atoms with E-state index in [-0.39, 0.29) is 18.7 Å². The SMILES string of the molecule is CC(O)Cn1c(COc2ccccc2)nc2cc(C(F)(F)F)ccc21. The molecule has 7 heteroatoms. The van der Waals surface area contributed by atoms with Gasteiger partial charge >= 0.3 is 6.18 Å². The molecule has 4 nitrogen and oxygen atoms in total. The number of alkyl halides is 3. The number of nitrogens with zero attached hydrogens (tertiary/aromatic N) is 2. The quantitative estimate of drug-likeness (QED) is 0.756. The molecule has 0 saturated heterocycles. The average Bonchev–Trinajstić information content (AvgIpc) is 2.89. The van der Waals surface area contributed by atoms with E-state index < -0.39 is 17.8 Å². The third-order valence-corrected chi connectivity index (χ3v) is 3.71. The fourth-order valence-corrected chi connectivity index (χ4v) is 2.60. The first-order valence-electron chi connectivity index (χ1n) is 7.77. The van der Waals surface area contributed by atoms with E-state index in [2.05, 4.69) is 4.98 Å². The summed E-state index contributed by atoms with van der Waals surface area (Å²) < 4.78 is 46.0. The topological polar surface area (TPSA) is 47.3 Å². The van der Waals surface area contributed by atoms with Gasteiger partial charge < -0.3 is 14.4 Å². The van der Waals surface area contributed by atoms with Crippen molar-refractivity contribution in [1.29, 1.82) is 0 Å². The highest BCUT2D eigenvalue weighted by molar-refractivity contribution is 5.77. The van der Waals surface area contributed by atoms with Gasteiger partial charge in [-0.05, 0) is 37.3 Å². The number of aromatic nitrogens is 2. The average molecular weight is 350 g/mol. The number of hydrogen-bond donors (Lipinski definition) is 1. The predicted molar refractivity (Wildman–Crippen MR) is 87.2 cm³/mol. The molecule has 3 aromatic rings. The molecule has 25 heavy (non-hydrogen) atoms. The first-order chi connectivity index (χ1) is 11.8. The third kappa shape index (κ3) is 3.93. The maximum Gasteiger partial charge on any atom is 0.416 e. The number of benzene rings is 2. The molecule has 1 aromatic heterocycles. The second-order valence-electron chi connectivity index (χ2n) is 5.79. The minimum absolute atomic E-state index is 0.0900. The summed E-state index contributed by atoms with van der Waals surface area (Å²) in [6.07, 6.45) is -5.10. The molecule has 0 amide bonds. The van der Waals surface area contributed by atoms with Crippen molar-refractivity contribution in [2.24, 2.45) is 0 Å². The van der Waals surface area contributed by atoms with E-state index >= 15 is 0 Å². The van der Waals surface area contributed by atoms with Crippen LogP contribution < -0.4 is 4.74 Å². The van der Waals surface area contributed by atoms with Gasteiger partial charge in [-0.25, -0.2) is 4.98 Å². The molecule has 0 fully saturated rings. The number of halogens is 3. The van der Waals surface area contributed by atoms with E-state index in [4.69, 9.17) is 4.74 Å². The van der Waals surface area contributed by atoms with Gasteiger partial charge in [-0.1, -0.05) is 18.2 Å². The molecule has 3 rings (SSSR count). The van der Waals surface area contributed by atoms with Crippen LogP contribution in [-0.4, -0.2) is 20.8 Å². The van der Waals surface area contributed by atoms with Gasteiger partial charge in [0.05, 0.1) is 29.2 Å². The zero-order valence-electron chi connectivity index (χ0n) is 13.5. The summed E-state index contributed by atoms with van der Waals surface area (Å²) in [6.45, 7) is 1.92. The molecule has 0 aliphatic rings. The minimum atomic E-state index is -4.43. The normalized spacial score (nSPS) is 13.2. The molecular weight excluding hydrogens is 333 g/mol. The van der Waals surface area contributed by atoms with Gasteiger partial charge in [0.15, 0.2) is 0 Å². The summed E-state index contributed by atoms with van der Waals surface area (Å²) in [5.41, 5.74) is -0.0000713. The third-order valence-electron chi connectivity index (χ3n) is 3.71. The van der Waals surface area contributed by atoms with Gasteiger partial charge in [-0.3, -0.25) is 0 Å². The molecule has 0 radical (unpaired) electrons. The number of ether oxygens (including phenoxy) is 1. The van der Waals surface area contributed by atoms with Crippen LogP contribution in [0.1, 0.15) is 18.3 Å². The van der Waals surface area contributed by atoms with Crippen molar-refractivity contribution in [2.75, 3.05) is 0 Å². The first-order valence-corrected chi connectivity index (χ1v) is 7.77. The van der Waals surface area contributed by atoms with E-state index in [1.165, 1.54) is 6.07 Å².